The average Bonchev–Trinajstić information content (AvgIpc) is 3.03. The highest BCUT2D eigenvalue weighted by molar-refractivity contribution is 7.92. The molecular weight excluding hydrogens is 598 g/mol. The molecule has 0 unspecified atom stereocenters. The van der Waals surface area contributed by atoms with E-state index in [0.29, 0.717) is 17.9 Å². The third kappa shape index (κ3) is 7.09. The summed E-state index contributed by atoms with van der Waals surface area (Å²) in [5.41, 5.74) is 2.79. The van der Waals surface area contributed by atoms with Crippen LogP contribution in [0.25, 0.3) is 0 Å². The molecule has 0 aromatic heterocycles. The molecule has 250 valence electrons. The molecule has 46 heavy (non-hydrogen) atoms. The van der Waals surface area contributed by atoms with Crippen LogP contribution in [0.1, 0.15) is 95.1 Å². The summed E-state index contributed by atoms with van der Waals surface area (Å²) in [6, 6.07) is 14.8. The van der Waals surface area contributed by atoms with Crippen LogP contribution in [0.15, 0.2) is 48.5 Å². The summed E-state index contributed by atoms with van der Waals surface area (Å²) >= 11 is 0. The molecule has 2 aromatic rings. The van der Waals surface area contributed by atoms with Crippen molar-refractivity contribution in [3.63, 3.8) is 0 Å². The maximum absolute atomic E-state index is 14.2. The van der Waals surface area contributed by atoms with Crippen LogP contribution in [-0.4, -0.2) is 57.1 Å². The molecule has 9 heteroatoms. The number of amides is 2. The molecule has 5 aliphatic carbocycles. The van der Waals surface area contributed by atoms with Gasteiger partial charge >= 0.3 is 0 Å². The fraction of sp³-hybridized carbons (Fsp3) is 0.622. The topological polar surface area (TPSA) is 96.0 Å². The largest absolute Gasteiger partial charge is 0.497 e. The summed E-state index contributed by atoms with van der Waals surface area (Å²) in [4.78, 5) is 29.5. The van der Waals surface area contributed by atoms with Gasteiger partial charge < -0.3 is 15.0 Å². The fourth-order valence-electron chi connectivity index (χ4n) is 9.49. The van der Waals surface area contributed by atoms with Crippen LogP contribution in [-0.2, 0) is 31.6 Å². The molecule has 1 atom stereocenters. The summed E-state index contributed by atoms with van der Waals surface area (Å²) in [7, 11) is -2.21. The smallest absolute Gasteiger partial charge is 0.244 e. The molecule has 5 fully saturated rings. The van der Waals surface area contributed by atoms with Crippen LogP contribution >= 0.6 is 0 Å². The number of methoxy groups -OCH3 is 1. The lowest BCUT2D eigenvalue weighted by atomic mass is 9.48. The molecular formula is C37H51N3O5S. The molecule has 5 saturated carbocycles. The lowest BCUT2D eigenvalue weighted by Gasteiger charge is -2.57. The van der Waals surface area contributed by atoms with Gasteiger partial charge in [0.2, 0.25) is 21.8 Å². The molecule has 0 aliphatic heterocycles. The molecule has 7 rings (SSSR count). The van der Waals surface area contributed by atoms with Crippen molar-refractivity contribution in [2.75, 3.05) is 24.2 Å². The number of benzene rings is 2. The Kier molecular flexibility index (Phi) is 9.70. The van der Waals surface area contributed by atoms with Gasteiger partial charge in [-0.1, -0.05) is 50.5 Å². The van der Waals surface area contributed by atoms with E-state index in [-0.39, 0.29) is 30.5 Å². The highest BCUT2D eigenvalue weighted by Crippen LogP contribution is 2.60. The predicted molar refractivity (Wildman–Crippen MR) is 181 cm³/mol. The van der Waals surface area contributed by atoms with Crippen molar-refractivity contribution >= 4 is 27.5 Å². The number of ether oxygens (including phenoxy) is 1. The second-order valence-corrected chi connectivity index (χ2v) is 16.6. The van der Waals surface area contributed by atoms with Gasteiger partial charge in [0, 0.05) is 12.6 Å². The van der Waals surface area contributed by atoms with E-state index in [2.05, 4.69) is 17.4 Å². The third-order valence-electron chi connectivity index (χ3n) is 11.3. The number of anilines is 1. The SMILES string of the molecule is CC[C@@H](C(=O)NC1CCCCC1)N(Cc1cccc(OC)c1)C(=O)CN(c1ccc(C23CC4CC(CC(C4)C2)C3)cc1)S(C)(=O)=O. The number of nitrogens with one attached hydrogen (secondary N) is 1. The van der Waals surface area contributed by atoms with E-state index >= 15 is 0 Å². The molecule has 0 spiro atoms. The summed E-state index contributed by atoms with van der Waals surface area (Å²) in [5, 5.41) is 3.20. The number of hydrogen-bond acceptors (Lipinski definition) is 5. The van der Waals surface area contributed by atoms with Gasteiger partial charge in [0.25, 0.3) is 0 Å². The van der Waals surface area contributed by atoms with Gasteiger partial charge in [0.15, 0.2) is 0 Å². The molecule has 8 nitrogen and oxygen atoms in total. The molecule has 4 bridgehead atoms. The van der Waals surface area contributed by atoms with E-state index in [1.165, 1.54) is 54.8 Å². The Morgan fingerprint density at radius 1 is 0.957 bits per heavy atom. The minimum atomic E-state index is -3.80. The van der Waals surface area contributed by atoms with Crippen molar-refractivity contribution in [3.05, 3.63) is 59.7 Å². The molecule has 0 saturated heterocycles. The van der Waals surface area contributed by atoms with Crippen molar-refractivity contribution in [2.45, 2.75) is 108 Å². The standard InChI is InChI=1S/C37H51N3O5S/c1-4-34(36(42)38-31-10-6-5-7-11-31)39(24-26-9-8-12-33(20-26)45-2)35(41)25-40(46(3,43)44)32-15-13-30(14-16-32)37-21-27-17-28(22-37)19-29(18-27)23-37/h8-9,12-16,20,27-29,31,34H,4-7,10-11,17-19,21-25H2,1-3H3,(H,38,42)/t27?,28?,29?,34-,37?/m0/s1. The highest BCUT2D eigenvalue weighted by Gasteiger charge is 2.51. The zero-order valence-corrected chi connectivity index (χ0v) is 28.6. The molecule has 5 aliphatic rings. The van der Waals surface area contributed by atoms with Gasteiger partial charge in [-0.3, -0.25) is 13.9 Å². The van der Waals surface area contributed by atoms with Gasteiger partial charge in [0.1, 0.15) is 18.3 Å². The van der Waals surface area contributed by atoms with Gasteiger partial charge in [-0.25, -0.2) is 8.42 Å². The average molecular weight is 650 g/mol. The molecule has 0 heterocycles. The van der Waals surface area contributed by atoms with Crippen LogP contribution in [0, 0.1) is 17.8 Å². The Morgan fingerprint density at radius 2 is 1.59 bits per heavy atom. The van der Waals surface area contributed by atoms with Crippen LogP contribution in [0.5, 0.6) is 5.75 Å². The monoisotopic (exact) mass is 649 g/mol. The second kappa shape index (κ2) is 13.6. The normalized spacial score (nSPS) is 26.4. The first kappa shape index (κ1) is 32.9. The number of nitrogens with zero attached hydrogens (tertiary/aromatic N) is 2. The zero-order chi connectivity index (χ0) is 32.5. The Bertz CT molecular complexity index is 1470. The van der Waals surface area contributed by atoms with E-state index in [0.717, 1.165) is 55.3 Å². The minimum absolute atomic E-state index is 0.101. The number of carbonyl (C=O) groups excluding carboxylic acids is 2. The predicted octanol–water partition coefficient (Wildman–Crippen LogP) is 6.19. The zero-order valence-electron chi connectivity index (χ0n) is 27.7. The third-order valence-corrected chi connectivity index (χ3v) is 12.5. The Hall–Kier alpha value is -3.07. The summed E-state index contributed by atoms with van der Waals surface area (Å²) < 4.78 is 33.1. The summed E-state index contributed by atoms with van der Waals surface area (Å²) in [6.07, 6.45) is 14.6. The number of hydrogen-bond donors (Lipinski definition) is 1. The van der Waals surface area contributed by atoms with E-state index in [1.54, 1.807) is 12.0 Å². The fourth-order valence-corrected chi connectivity index (χ4v) is 10.3. The van der Waals surface area contributed by atoms with Crippen molar-refractivity contribution < 1.29 is 22.7 Å². The highest BCUT2D eigenvalue weighted by atomic mass is 32.2. The maximum atomic E-state index is 14.2. The van der Waals surface area contributed by atoms with Crippen LogP contribution < -0.4 is 14.4 Å². The summed E-state index contributed by atoms with van der Waals surface area (Å²) in [5.74, 6) is 2.50. The van der Waals surface area contributed by atoms with E-state index in [1.807, 2.05) is 43.3 Å². The molecule has 1 N–H and O–H groups in total. The van der Waals surface area contributed by atoms with E-state index in [9.17, 15) is 18.0 Å². The Morgan fingerprint density at radius 3 is 2.15 bits per heavy atom. The minimum Gasteiger partial charge on any atom is -0.497 e. The quantitative estimate of drug-likeness (QED) is 0.296. The Labute approximate surface area is 275 Å². The van der Waals surface area contributed by atoms with E-state index in [4.69, 9.17) is 4.74 Å². The Balaban J connectivity index is 1.25. The first-order valence-electron chi connectivity index (χ1n) is 17.4. The number of sulfonamides is 1. The summed E-state index contributed by atoms with van der Waals surface area (Å²) in [6.45, 7) is 1.68. The number of rotatable bonds is 12. The van der Waals surface area contributed by atoms with Crippen LogP contribution in [0.2, 0.25) is 0 Å². The first-order chi connectivity index (χ1) is 22.1. The molecule has 0 radical (unpaired) electrons. The van der Waals surface area contributed by atoms with Crippen LogP contribution in [0.3, 0.4) is 0 Å². The van der Waals surface area contributed by atoms with Gasteiger partial charge in [-0.15, -0.1) is 0 Å². The van der Waals surface area contributed by atoms with Gasteiger partial charge in [-0.2, -0.15) is 0 Å². The lowest BCUT2D eigenvalue weighted by Crippen LogP contribution is -2.54. The van der Waals surface area contributed by atoms with Crippen LogP contribution in [0.4, 0.5) is 5.69 Å². The van der Waals surface area contributed by atoms with Crippen molar-refractivity contribution in [1.29, 1.82) is 0 Å². The van der Waals surface area contributed by atoms with Crippen molar-refractivity contribution in [1.82, 2.24) is 10.2 Å². The molecule has 2 amide bonds. The molecule has 2 aromatic carbocycles. The van der Waals surface area contributed by atoms with Gasteiger partial charge in [-0.05, 0) is 116 Å². The maximum Gasteiger partial charge on any atom is 0.244 e. The van der Waals surface area contributed by atoms with E-state index < -0.39 is 22.0 Å². The number of carbonyl (C=O) groups is 2. The van der Waals surface area contributed by atoms with Gasteiger partial charge in [0.05, 0.1) is 19.1 Å². The van der Waals surface area contributed by atoms with Crippen molar-refractivity contribution in [2.24, 2.45) is 17.8 Å². The first-order valence-corrected chi connectivity index (χ1v) is 19.2. The van der Waals surface area contributed by atoms with Crippen molar-refractivity contribution in [3.8, 4) is 5.75 Å². The second-order valence-electron chi connectivity index (χ2n) is 14.7. The lowest BCUT2D eigenvalue weighted by molar-refractivity contribution is -0.140.